The summed E-state index contributed by atoms with van der Waals surface area (Å²) in [6.07, 6.45) is 9.05. The Kier molecular flexibility index (Phi) is 7.71. The maximum atomic E-state index is 13.0. The van der Waals surface area contributed by atoms with Gasteiger partial charge in [0.2, 0.25) is 12.3 Å². The van der Waals surface area contributed by atoms with E-state index in [1.165, 1.54) is 36.1 Å². The van der Waals surface area contributed by atoms with Crippen LogP contribution in [-0.4, -0.2) is 28.7 Å². The zero-order valence-corrected chi connectivity index (χ0v) is 17.9. The summed E-state index contributed by atoms with van der Waals surface area (Å²) in [6.45, 7) is 2.26. The molecule has 0 N–H and O–H groups in total. The Labute approximate surface area is 179 Å². The number of nitrogens with zero attached hydrogens (tertiary/aromatic N) is 2. The first-order chi connectivity index (χ1) is 14.4. The molecule has 164 valence electrons. The summed E-state index contributed by atoms with van der Waals surface area (Å²) in [7, 11) is 0. The van der Waals surface area contributed by atoms with Gasteiger partial charge in [0.25, 0.3) is 11.5 Å². The minimum atomic E-state index is -2.98. The molecule has 0 saturated heterocycles. The molecule has 1 saturated carbocycles. The van der Waals surface area contributed by atoms with E-state index in [0.29, 0.717) is 24.1 Å². The van der Waals surface area contributed by atoms with Crippen molar-refractivity contribution in [3.63, 3.8) is 0 Å². The molecule has 0 spiro atoms. The third kappa shape index (κ3) is 6.18. The lowest BCUT2D eigenvalue weighted by molar-refractivity contribution is -0.0230. The molecule has 3 rings (SSSR count). The van der Waals surface area contributed by atoms with Crippen molar-refractivity contribution < 1.29 is 21.9 Å². The van der Waals surface area contributed by atoms with Crippen LogP contribution in [0.1, 0.15) is 57.4 Å². The van der Waals surface area contributed by atoms with E-state index in [1.54, 1.807) is 6.20 Å². The molecule has 30 heavy (non-hydrogen) atoms. The lowest BCUT2D eigenvalue weighted by atomic mass is 9.85. The van der Waals surface area contributed by atoms with Crippen molar-refractivity contribution in [1.29, 1.82) is 0 Å². The molecule has 1 fully saturated rings. The monoisotopic (exact) mass is 440 g/mol. The maximum Gasteiger partial charge on any atom is 0.278 e. The van der Waals surface area contributed by atoms with E-state index >= 15 is 0 Å². The zero-order valence-electron chi connectivity index (χ0n) is 17.1. The molecule has 9 heteroatoms. The highest BCUT2D eigenvalue weighted by Crippen LogP contribution is 2.35. The normalized spacial score (nSPS) is 15.2. The Morgan fingerprint density at radius 3 is 2.70 bits per heavy atom. The lowest BCUT2D eigenvalue weighted by Crippen LogP contribution is -2.23. The van der Waals surface area contributed by atoms with Gasteiger partial charge in [-0.2, -0.15) is 0 Å². The molecular formula is C21H26F2N2O4S. The van der Waals surface area contributed by atoms with Crippen LogP contribution in [0.5, 0.6) is 11.5 Å². The van der Waals surface area contributed by atoms with Crippen molar-refractivity contribution >= 4 is 12.3 Å². The number of ether oxygens (including phenoxy) is 1. The standard InChI is InChI=1S/C21H26F2N2O4S/c1-3-28-30-29-18-11-16(15-7-5-4-6-8-15)13-24-20(18)25-10-9-17(12-19(25)26)27-14-21(2,22)23/h9-13,15H,3-8,14H2,1-2H3. The molecule has 0 aromatic carbocycles. The smallest absolute Gasteiger partial charge is 0.278 e. The van der Waals surface area contributed by atoms with Crippen LogP contribution in [0, 0.1) is 0 Å². The number of rotatable bonds is 9. The van der Waals surface area contributed by atoms with Crippen LogP contribution < -0.4 is 14.5 Å². The quantitative estimate of drug-likeness (QED) is 0.390. The molecule has 2 aromatic rings. The number of hydrogen-bond donors (Lipinski definition) is 0. The van der Waals surface area contributed by atoms with Gasteiger partial charge in [-0.15, -0.1) is 0 Å². The molecule has 0 aliphatic heterocycles. The molecule has 2 aromatic heterocycles. The largest absolute Gasteiger partial charge is 0.487 e. The Hall–Kier alpha value is -2.13. The summed E-state index contributed by atoms with van der Waals surface area (Å²) < 4.78 is 43.2. The number of hydrogen-bond acceptors (Lipinski definition) is 6. The molecular weight excluding hydrogens is 414 g/mol. The van der Waals surface area contributed by atoms with Gasteiger partial charge in [-0.25, -0.2) is 13.8 Å². The topological polar surface area (TPSA) is 62.6 Å². The second-order valence-corrected chi connectivity index (χ2v) is 7.95. The number of aromatic nitrogens is 2. The second-order valence-electron chi connectivity index (χ2n) is 7.41. The maximum absolute atomic E-state index is 13.0. The Morgan fingerprint density at radius 1 is 1.27 bits per heavy atom. The van der Waals surface area contributed by atoms with E-state index in [9.17, 15) is 13.6 Å². The zero-order chi connectivity index (χ0) is 21.6. The van der Waals surface area contributed by atoms with Gasteiger partial charge < -0.3 is 8.92 Å². The van der Waals surface area contributed by atoms with Crippen LogP contribution in [0.3, 0.4) is 0 Å². The highest BCUT2D eigenvalue weighted by Gasteiger charge is 2.23. The van der Waals surface area contributed by atoms with Crippen molar-refractivity contribution in [3.8, 4) is 17.3 Å². The van der Waals surface area contributed by atoms with Crippen molar-refractivity contribution in [2.75, 3.05) is 13.2 Å². The third-order valence-corrected chi connectivity index (χ3v) is 5.41. The van der Waals surface area contributed by atoms with Crippen LogP contribution in [0.15, 0.2) is 35.4 Å². The lowest BCUT2D eigenvalue weighted by Gasteiger charge is -2.22. The van der Waals surface area contributed by atoms with Gasteiger partial charge in [0.05, 0.1) is 6.61 Å². The SMILES string of the molecule is CCOSOc1cc(C2CCCCC2)cnc1-n1ccc(OCC(C)(F)F)cc1=O. The second kappa shape index (κ2) is 10.3. The minimum absolute atomic E-state index is 0.0720. The van der Waals surface area contributed by atoms with E-state index in [2.05, 4.69) is 4.98 Å². The van der Waals surface area contributed by atoms with Crippen LogP contribution in [0.4, 0.5) is 8.78 Å². The number of pyridine rings is 2. The molecule has 6 nitrogen and oxygen atoms in total. The van der Waals surface area contributed by atoms with Crippen LogP contribution >= 0.6 is 12.3 Å². The van der Waals surface area contributed by atoms with Gasteiger partial charge in [0, 0.05) is 25.4 Å². The fourth-order valence-corrected chi connectivity index (χ4v) is 3.74. The van der Waals surface area contributed by atoms with E-state index < -0.39 is 18.1 Å². The summed E-state index contributed by atoms with van der Waals surface area (Å²) in [5, 5.41) is 0. The van der Waals surface area contributed by atoms with Crippen LogP contribution in [0.25, 0.3) is 5.82 Å². The fourth-order valence-electron chi connectivity index (χ4n) is 3.40. The van der Waals surface area contributed by atoms with Gasteiger partial charge in [-0.05, 0) is 43.4 Å². The van der Waals surface area contributed by atoms with Gasteiger partial charge in [-0.3, -0.25) is 13.5 Å². The van der Waals surface area contributed by atoms with Gasteiger partial charge in [0.15, 0.2) is 18.2 Å². The van der Waals surface area contributed by atoms with E-state index in [1.807, 2.05) is 13.0 Å². The summed E-state index contributed by atoms with van der Waals surface area (Å²) in [4.78, 5) is 17.1. The van der Waals surface area contributed by atoms with Gasteiger partial charge >= 0.3 is 0 Å². The summed E-state index contributed by atoms with van der Waals surface area (Å²) >= 11 is 0.827. The van der Waals surface area contributed by atoms with Gasteiger partial charge in [-0.1, -0.05) is 19.3 Å². The van der Waals surface area contributed by atoms with E-state index in [0.717, 1.165) is 43.7 Å². The van der Waals surface area contributed by atoms with Crippen molar-refractivity contribution in [2.24, 2.45) is 0 Å². The van der Waals surface area contributed by atoms with E-state index in [-0.39, 0.29) is 5.75 Å². The third-order valence-electron chi connectivity index (χ3n) is 4.83. The molecule has 0 unspecified atom stereocenters. The predicted molar refractivity (Wildman–Crippen MR) is 112 cm³/mol. The summed E-state index contributed by atoms with van der Waals surface area (Å²) in [6, 6.07) is 4.50. The van der Waals surface area contributed by atoms with Crippen LogP contribution in [0.2, 0.25) is 0 Å². The first-order valence-electron chi connectivity index (χ1n) is 10.1. The van der Waals surface area contributed by atoms with Crippen molar-refractivity contribution in [3.05, 3.63) is 46.5 Å². The summed E-state index contributed by atoms with van der Waals surface area (Å²) in [5.74, 6) is -1.78. The Balaban J connectivity index is 1.88. The molecule has 0 atom stereocenters. The van der Waals surface area contributed by atoms with Gasteiger partial charge in [0.1, 0.15) is 5.75 Å². The molecule has 1 aliphatic rings. The van der Waals surface area contributed by atoms with E-state index in [4.69, 9.17) is 13.1 Å². The highest BCUT2D eigenvalue weighted by molar-refractivity contribution is 7.90. The first kappa shape index (κ1) is 22.6. The Morgan fingerprint density at radius 2 is 2.03 bits per heavy atom. The molecule has 1 aliphatic carbocycles. The number of halogens is 2. The van der Waals surface area contributed by atoms with Crippen molar-refractivity contribution in [2.45, 2.75) is 57.8 Å². The fraction of sp³-hybridized carbons (Fsp3) is 0.524. The average molecular weight is 441 g/mol. The molecule has 0 bridgehead atoms. The molecule has 0 radical (unpaired) electrons. The minimum Gasteiger partial charge on any atom is -0.487 e. The molecule has 0 amide bonds. The van der Waals surface area contributed by atoms with Crippen molar-refractivity contribution in [1.82, 2.24) is 9.55 Å². The summed E-state index contributed by atoms with van der Waals surface area (Å²) in [5.41, 5.74) is 0.611. The Bertz CT molecular complexity index is 895. The molecule has 2 heterocycles. The average Bonchev–Trinajstić information content (AvgIpc) is 2.73. The first-order valence-corrected chi connectivity index (χ1v) is 10.7. The highest BCUT2D eigenvalue weighted by atomic mass is 32.2. The predicted octanol–water partition coefficient (Wildman–Crippen LogP) is 5.29. The van der Waals surface area contributed by atoms with Crippen LogP contribution in [-0.2, 0) is 4.18 Å². The number of alkyl halides is 2.